The quantitative estimate of drug-likeness (QED) is 0.442. The molecule has 0 bridgehead atoms. The Hall–Kier alpha value is -3.40. The Morgan fingerprint density at radius 2 is 1.69 bits per heavy atom. The summed E-state index contributed by atoms with van der Waals surface area (Å²) >= 11 is 0. The molecule has 4 heteroatoms. The molecule has 1 spiro atoms. The van der Waals surface area contributed by atoms with Crippen molar-refractivity contribution in [2.75, 3.05) is 0 Å². The van der Waals surface area contributed by atoms with Gasteiger partial charge >= 0.3 is 0 Å². The number of nitrogens with zero attached hydrogens (tertiary/aromatic N) is 2. The van der Waals surface area contributed by atoms with Crippen molar-refractivity contribution in [2.24, 2.45) is 5.41 Å². The zero-order valence-corrected chi connectivity index (χ0v) is 18.1. The number of amides is 1. The van der Waals surface area contributed by atoms with Crippen molar-refractivity contribution < 1.29 is 4.79 Å². The van der Waals surface area contributed by atoms with Crippen LogP contribution in [-0.4, -0.2) is 21.7 Å². The second-order valence-corrected chi connectivity index (χ2v) is 9.54. The Balaban J connectivity index is 1.22. The number of para-hydroxylation sites is 1. The van der Waals surface area contributed by atoms with E-state index in [-0.39, 0.29) is 5.91 Å². The van der Waals surface area contributed by atoms with E-state index in [9.17, 15) is 4.79 Å². The van der Waals surface area contributed by atoms with Gasteiger partial charge in [0.05, 0.1) is 23.8 Å². The lowest BCUT2D eigenvalue weighted by Crippen LogP contribution is -2.53. The van der Waals surface area contributed by atoms with Gasteiger partial charge in [0.1, 0.15) is 0 Å². The fourth-order valence-electron chi connectivity index (χ4n) is 5.49. The zero-order chi connectivity index (χ0) is 21.5. The molecule has 2 aliphatic rings. The third-order valence-corrected chi connectivity index (χ3v) is 7.41. The van der Waals surface area contributed by atoms with E-state index in [1.54, 1.807) is 0 Å². The minimum atomic E-state index is 0.0240. The summed E-state index contributed by atoms with van der Waals surface area (Å²) in [5.74, 6) is 0.0240. The molecular formula is C28H27N3O. The molecule has 160 valence electrons. The highest BCUT2D eigenvalue weighted by atomic mass is 16.1. The van der Waals surface area contributed by atoms with Crippen molar-refractivity contribution in [2.45, 2.75) is 44.7 Å². The molecule has 0 atom stereocenters. The topological polar surface area (TPSA) is 46.9 Å². The van der Waals surface area contributed by atoms with Gasteiger partial charge in [-0.3, -0.25) is 9.48 Å². The van der Waals surface area contributed by atoms with Crippen molar-refractivity contribution in [3.63, 3.8) is 0 Å². The summed E-state index contributed by atoms with van der Waals surface area (Å²) in [7, 11) is 0. The molecule has 2 aliphatic carbocycles. The SMILES string of the molecule is O=C(NC1CC2(CCC2)C1)c1cccc2cnn(Cc3ccc(-c4ccccc4)cc3)c12. The molecule has 3 aromatic carbocycles. The molecule has 4 nitrogen and oxygen atoms in total. The van der Waals surface area contributed by atoms with Crippen LogP contribution in [0.2, 0.25) is 0 Å². The standard InChI is InChI=1S/C28H27N3O/c32-27(30-24-16-28(17-24)14-5-15-28)25-9-4-8-23-18-29-31(26(23)25)19-20-10-12-22(13-11-20)21-6-2-1-3-7-21/h1-4,6-13,18,24H,5,14-17,19H2,(H,30,32). The minimum Gasteiger partial charge on any atom is -0.349 e. The molecule has 1 aromatic heterocycles. The van der Waals surface area contributed by atoms with E-state index in [1.807, 2.05) is 35.1 Å². The Morgan fingerprint density at radius 1 is 0.938 bits per heavy atom. The number of fused-ring (bicyclic) bond motifs is 1. The highest BCUT2D eigenvalue weighted by Crippen LogP contribution is 2.55. The van der Waals surface area contributed by atoms with Gasteiger partial charge in [-0.15, -0.1) is 0 Å². The summed E-state index contributed by atoms with van der Waals surface area (Å²) < 4.78 is 1.95. The lowest BCUT2D eigenvalue weighted by Gasteiger charge is -2.54. The lowest BCUT2D eigenvalue weighted by molar-refractivity contribution is -0.000604. The normalized spacial score (nSPS) is 17.1. The van der Waals surface area contributed by atoms with Gasteiger partial charge in [0, 0.05) is 11.4 Å². The van der Waals surface area contributed by atoms with Gasteiger partial charge in [0.25, 0.3) is 5.91 Å². The van der Waals surface area contributed by atoms with Crippen LogP contribution in [-0.2, 0) is 6.54 Å². The van der Waals surface area contributed by atoms with Gasteiger partial charge in [0.2, 0.25) is 0 Å². The molecular weight excluding hydrogens is 394 g/mol. The largest absolute Gasteiger partial charge is 0.349 e. The van der Waals surface area contributed by atoms with E-state index < -0.39 is 0 Å². The van der Waals surface area contributed by atoms with E-state index in [0.717, 1.165) is 34.9 Å². The Kier molecular flexibility index (Phi) is 4.60. The summed E-state index contributed by atoms with van der Waals surface area (Å²) in [6.07, 6.45) is 8.17. The van der Waals surface area contributed by atoms with Gasteiger partial charge in [-0.05, 0) is 53.9 Å². The molecule has 0 unspecified atom stereocenters. The van der Waals surface area contributed by atoms with Crippen LogP contribution in [0.5, 0.6) is 0 Å². The predicted molar refractivity (Wildman–Crippen MR) is 127 cm³/mol. The van der Waals surface area contributed by atoms with Crippen LogP contribution < -0.4 is 5.32 Å². The molecule has 0 aliphatic heterocycles. The maximum absolute atomic E-state index is 13.1. The fourth-order valence-corrected chi connectivity index (χ4v) is 5.49. The number of carbonyl (C=O) groups is 1. The first kappa shape index (κ1) is 19.3. The molecule has 4 aromatic rings. The Bertz CT molecular complexity index is 1260. The summed E-state index contributed by atoms with van der Waals surface area (Å²) in [4.78, 5) is 13.1. The van der Waals surface area contributed by atoms with Gasteiger partial charge in [-0.25, -0.2) is 0 Å². The van der Waals surface area contributed by atoms with Crippen LogP contribution in [0, 0.1) is 5.41 Å². The van der Waals surface area contributed by atoms with Gasteiger partial charge in [-0.1, -0.05) is 73.2 Å². The first-order valence-electron chi connectivity index (χ1n) is 11.6. The smallest absolute Gasteiger partial charge is 0.253 e. The number of aromatic nitrogens is 2. The van der Waals surface area contributed by atoms with E-state index in [2.05, 4.69) is 58.9 Å². The van der Waals surface area contributed by atoms with E-state index in [0.29, 0.717) is 18.0 Å². The average Bonchev–Trinajstić information content (AvgIpc) is 3.18. The zero-order valence-electron chi connectivity index (χ0n) is 18.1. The van der Waals surface area contributed by atoms with Crippen LogP contribution in [0.25, 0.3) is 22.0 Å². The van der Waals surface area contributed by atoms with Crippen molar-refractivity contribution in [3.05, 3.63) is 90.1 Å². The second kappa shape index (κ2) is 7.63. The van der Waals surface area contributed by atoms with Crippen molar-refractivity contribution in [3.8, 4) is 11.1 Å². The molecule has 32 heavy (non-hydrogen) atoms. The van der Waals surface area contributed by atoms with E-state index >= 15 is 0 Å². The van der Waals surface area contributed by atoms with Gasteiger partial charge in [0.15, 0.2) is 0 Å². The summed E-state index contributed by atoms with van der Waals surface area (Å²) in [6, 6.07) is 25.2. The first-order valence-corrected chi connectivity index (χ1v) is 11.6. The van der Waals surface area contributed by atoms with Gasteiger partial charge in [-0.2, -0.15) is 5.10 Å². The molecule has 1 N–H and O–H groups in total. The number of nitrogens with one attached hydrogen (secondary N) is 1. The second-order valence-electron chi connectivity index (χ2n) is 9.54. The maximum Gasteiger partial charge on any atom is 0.253 e. The third kappa shape index (κ3) is 3.40. The van der Waals surface area contributed by atoms with Crippen molar-refractivity contribution in [1.82, 2.24) is 15.1 Å². The van der Waals surface area contributed by atoms with Crippen LogP contribution in [0.15, 0.2) is 79.0 Å². The molecule has 1 amide bonds. The van der Waals surface area contributed by atoms with Crippen molar-refractivity contribution >= 4 is 16.8 Å². The maximum atomic E-state index is 13.1. The molecule has 2 saturated carbocycles. The molecule has 6 rings (SSSR count). The van der Waals surface area contributed by atoms with E-state index in [4.69, 9.17) is 0 Å². The molecule has 0 saturated heterocycles. The van der Waals surface area contributed by atoms with Gasteiger partial charge < -0.3 is 5.32 Å². The number of hydrogen-bond donors (Lipinski definition) is 1. The third-order valence-electron chi connectivity index (χ3n) is 7.41. The number of carbonyl (C=O) groups excluding carboxylic acids is 1. The lowest BCUT2D eigenvalue weighted by atomic mass is 9.54. The van der Waals surface area contributed by atoms with Crippen LogP contribution >= 0.6 is 0 Å². The molecule has 0 radical (unpaired) electrons. The molecule has 2 fully saturated rings. The number of hydrogen-bond acceptors (Lipinski definition) is 2. The highest BCUT2D eigenvalue weighted by molar-refractivity contribution is 6.05. The Morgan fingerprint density at radius 3 is 2.41 bits per heavy atom. The molecule has 1 heterocycles. The van der Waals surface area contributed by atoms with Crippen LogP contribution in [0.1, 0.15) is 48.0 Å². The minimum absolute atomic E-state index is 0.0240. The van der Waals surface area contributed by atoms with Crippen LogP contribution in [0.4, 0.5) is 0 Å². The van der Waals surface area contributed by atoms with Crippen molar-refractivity contribution in [1.29, 1.82) is 0 Å². The summed E-state index contributed by atoms with van der Waals surface area (Å²) in [5, 5.41) is 8.89. The summed E-state index contributed by atoms with van der Waals surface area (Å²) in [5.41, 5.74) is 5.75. The number of benzene rings is 3. The average molecular weight is 422 g/mol. The summed E-state index contributed by atoms with van der Waals surface area (Å²) in [6.45, 7) is 0.634. The van der Waals surface area contributed by atoms with Crippen LogP contribution in [0.3, 0.4) is 0 Å². The van der Waals surface area contributed by atoms with E-state index in [1.165, 1.54) is 30.4 Å². The fraction of sp³-hybridized carbons (Fsp3) is 0.286. The predicted octanol–water partition coefficient (Wildman–Crippen LogP) is 5.81. The monoisotopic (exact) mass is 421 g/mol. The Labute approximate surface area is 188 Å². The highest BCUT2D eigenvalue weighted by Gasteiger charge is 2.48. The first-order chi connectivity index (χ1) is 15.7. The number of rotatable bonds is 5.